The van der Waals surface area contributed by atoms with Gasteiger partial charge in [-0.2, -0.15) is 0 Å². The largest absolute Gasteiger partial charge is 0.480 e. The Kier molecular flexibility index (Phi) is 5.87. The van der Waals surface area contributed by atoms with Crippen molar-refractivity contribution in [2.75, 3.05) is 19.7 Å². The van der Waals surface area contributed by atoms with E-state index in [1.807, 2.05) is 36.4 Å². The van der Waals surface area contributed by atoms with Crippen molar-refractivity contribution in [3.63, 3.8) is 0 Å². The molecule has 0 spiro atoms. The molecule has 1 aliphatic carbocycles. The predicted molar refractivity (Wildman–Crippen MR) is 107 cm³/mol. The third-order valence-corrected chi connectivity index (χ3v) is 5.03. The molecule has 0 aromatic heterocycles. The molecule has 152 valence electrons. The number of carbonyl (C=O) groups excluding carboxylic acids is 2. The van der Waals surface area contributed by atoms with E-state index in [0.717, 1.165) is 22.3 Å². The van der Waals surface area contributed by atoms with Crippen LogP contribution < -0.4 is 10.6 Å². The summed E-state index contributed by atoms with van der Waals surface area (Å²) in [7, 11) is 0. The Morgan fingerprint density at radius 3 is 2.07 bits per heavy atom. The number of carbonyl (C=O) groups is 3. The summed E-state index contributed by atoms with van der Waals surface area (Å²) in [6, 6.07) is 16.1. The van der Waals surface area contributed by atoms with Crippen molar-refractivity contribution in [3.8, 4) is 11.1 Å². The highest BCUT2D eigenvalue weighted by Crippen LogP contribution is 2.44. The van der Waals surface area contributed by atoms with Gasteiger partial charge in [-0.15, -0.1) is 0 Å². The fraction of sp³-hybridized carbons (Fsp3) is 0.318. The fourth-order valence-corrected chi connectivity index (χ4v) is 3.42. The molecule has 2 aromatic carbocycles. The molecule has 0 atom stereocenters. The van der Waals surface area contributed by atoms with Gasteiger partial charge in [-0.3, -0.25) is 9.59 Å². The maximum atomic E-state index is 12.2. The minimum absolute atomic E-state index is 0.0229. The van der Waals surface area contributed by atoms with Crippen LogP contribution in [0.25, 0.3) is 11.1 Å². The molecule has 0 aliphatic heterocycles. The average Bonchev–Trinajstić information content (AvgIpc) is 3.03. The van der Waals surface area contributed by atoms with Crippen LogP contribution in [0.3, 0.4) is 0 Å². The lowest BCUT2D eigenvalue weighted by Crippen LogP contribution is -2.46. The van der Waals surface area contributed by atoms with Gasteiger partial charge in [0, 0.05) is 12.5 Å². The van der Waals surface area contributed by atoms with Crippen molar-refractivity contribution in [2.24, 2.45) is 5.41 Å². The molecule has 0 heterocycles. The van der Waals surface area contributed by atoms with E-state index < -0.39 is 29.9 Å². The number of ether oxygens (including phenoxy) is 1. The van der Waals surface area contributed by atoms with E-state index in [2.05, 4.69) is 22.8 Å². The highest BCUT2D eigenvalue weighted by atomic mass is 16.5. The molecule has 2 amide bonds. The van der Waals surface area contributed by atoms with Crippen molar-refractivity contribution >= 4 is 18.0 Å². The summed E-state index contributed by atoms with van der Waals surface area (Å²) in [5.74, 6) is -1.63. The third-order valence-electron chi connectivity index (χ3n) is 5.03. The first-order valence-corrected chi connectivity index (χ1v) is 9.38. The number of rotatable bonds is 7. The van der Waals surface area contributed by atoms with Gasteiger partial charge >= 0.3 is 12.1 Å². The Morgan fingerprint density at radius 2 is 1.52 bits per heavy atom. The molecule has 0 fully saturated rings. The second kappa shape index (κ2) is 8.34. The molecular weight excluding hydrogens is 372 g/mol. The van der Waals surface area contributed by atoms with E-state index in [0.29, 0.717) is 0 Å². The second-order valence-corrected chi connectivity index (χ2v) is 7.64. The first-order chi connectivity index (χ1) is 13.8. The van der Waals surface area contributed by atoms with Crippen molar-refractivity contribution < 1.29 is 24.2 Å². The van der Waals surface area contributed by atoms with Gasteiger partial charge < -0.3 is 20.5 Å². The van der Waals surface area contributed by atoms with Gasteiger partial charge in [0.15, 0.2) is 0 Å². The van der Waals surface area contributed by atoms with Crippen molar-refractivity contribution in [2.45, 2.75) is 19.8 Å². The first kappa shape index (κ1) is 20.4. The zero-order valence-electron chi connectivity index (χ0n) is 16.4. The van der Waals surface area contributed by atoms with Crippen molar-refractivity contribution in [1.29, 1.82) is 0 Å². The number of benzene rings is 2. The maximum absolute atomic E-state index is 12.2. The number of alkyl carbamates (subject to hydrolysis) is 1. The smallest absolute Gasteiger partial charge is 0.407 e. The van der Waals surface area contributed by atoms with E-state index in [4.69, 9.17) is 9.84 Å². The Bertz CT molecular complexity index is 893. The van der Waals surface area contributed by atoms with Crippen LogP contribution in [-0.2, 0) is 14.3 Å². The predicted octanol–water partition coefficient (Wildman–Crippen LogP) is 2.75. The number of hydrogen-bond donors (Lipinski definition) is 3. The summed E-state index contributed by atoms with van der Waals surface area (Å²) in [6.07, 6.45) is -0.619. The van der Waals surface area contributed by atoms with Crippen LogP contribution in [0.5, 0.6) is 0 Å². The zero-order chi connectivity index (χ0) is 21.0. The number of nitrogens with one attached hydrogen (secondary N) is 2. The molecule has 7 nitrogen and oxygen atoms in total. The van der Waals surface area contributed by atoms with Crippen LogP contribution in [0.4, 0.5) is 4.79 Å². The van der Waals surface area contributed by atoms with E-state index in [-0.39, 0.29) is 19.1 Å². The molecule has 1 aliphatic rings. The lowest BCUT2D eigenvalue weighted by molar-refractivity contribution is -0.139. The van der Waals surface area contributed by atoms with Crippen LogP contribution >= 0.6 is 0 Å². The Hall–Kier alpha value is -3.35. The molecule has 0 unspecified atom stereocenters. The van der Waals surface area contributed by atoms with E-state index in [9.17, 15) is 14.4 Å². The molecule has 0 bridgehead atoms. The van der Waals surface area contributed by atoms with E-state index in [1.54, 1.807) is 13.8 Å². The number of amides is 2. The van der Waals surface area contributed by atoms with Crippen LogP contribution in [0.1, 0.15) is 30.9 Å². The fourth-order valence-electron chi connectivity index (χ4n) is 3.42. The highest BCUT2D eigenvalue weighted by molar-refractivity contribution is 5.86. The van der Waals surface area contributed by atoms with Crippen molar-refractivity contribution in [1.82, 2.24) is 10.6 Å². The van der Waals surface area contributed by atoms with E-state index >= 15 is 0 Å². The first-order valence-electron chi connectivity index (χ1n) is 9.38. The Balaban J connectivity index is 1.57. The summed E-state index contributed by atoms with van der Waals surface area (Å²) in [5.41, 5.74) is 3.56. The quantitative estimate of drug-likeness (QED) is 0.668. The lowest BCUT2D eigenvalue weighted by Gasteiger charge is -2.23. The summed E-state index contributed by atoms with van der Waals surface area (Å²) < 4.78 is 5.44. The monoisotopic (exact) mass is 396 g/mol. The van der Waals surface area contributed by atoms with Crippen LogP contribution in [0, 0.1) is 5.41 Å². The highest BCUT2D eigenvalue weighted by Gasteiger charge is 2.31. The standard InChI is InChI=1S/C22H24N2O5/c1-22(2,20(27)23-11-19(25)26)13-24-21(28)29-12-18-16-9-5-3-7-14(16)15-8-4-6-10-17(15)18/h3-10,18H,11-13H2,1-2H3,(H,23,27)(H,24,28)(H,25,26). The van der Waals surface area contributed by atoms with Gasteiger partial charge in [0.2, 0.25) is 5.91 Å². The minimum atomic E-state index is -1.13. The Labute approximate surface area is 169 Å². The SMILES string of the molecule is CC(C)(CNC(=O)OCC1c2ccccc2-c2ccccc21)C(=O)NCC(=O)O. The zero-order valence-corrected chi connectivity index (χ0v) is 16.4. The van der Waals surface area contributed by atoms with Crippen LogP contribution in [-0.4, -0.2) is 42.8 Å². The molecule has 0 radical (unpaired) electrons. The van der Waals surface area contributed by atoms with E-state index in [1.165, 1.54) is 0 Å². The number of hydrogen-bond acceptors (Lipinski definition) is 4. The topological polar surface area (TPSA) is 105 Å². The third kappa shape index (κ3) is 4.56. The number of carboxylic acids is 1. The second-order valence-electron chi connectivity index (χ2n) is 7.64. The molecule has 2 aromatic rings. The molecular formula is C22H24N2O5. The van der Waals surface area contributed by atoms with Gasteiger partial charge in [-0.05, 0) is 36.1 Å². The number of carboxylic acid groups (broad SMARTS) is 1. The number of fused-ring (bicyclic) bond motifs is 3. The summed E-state index contributed by atoms with van der Waals surface area (Å²) in [5, 5.41) is 13.6. The lowest BCUT2D eigenvalue weighted by atomic mass is 9.92. The number of aliphatic carboxylic acids is 1. The summed E-state index contributed by atoms with van der Waals surface area (Å²) in [4.78, 5) is 34.8. The Morgan fingerprint density at radius 1 is 0.966 bits per heavy atom. The summed E-state index contributed by atoms with van der Waals surface area (Å²) in [6.45, 7) is 2.98. The average molecular weight is 396 g/mol. The summed E-state index contributed by atoms with van der Waals surface area (Å²) >= 11 is 0. The van der Waals surface area contributed by atoms with Crippen LogP contribution in [0.2, 0.25) is 0 Å². The maximum Gasteiger partial charge on any atom is 0.407 e. The molecule has 29 heavy (non-hydrogen) atoms. The molecule has 7 heteroatoms. The normalized spacial score (nSPS) is 12.6. The molecule has 0 saturated heterocycles. The van der Waals surface area contributed by atoms with Gasteiger partial charge in [-0.1, -0.05) is 48.5 Å². The van der Waals surface area contributed by atoms with Gasteiger partial charge in [0.05, 0.1) is 5.41 Å². The van der Waals surface area contributed by atoms with Gasteiger partial charge in [-0.25, -0.2) is 4.79 Å². The molecule has 3 N–H and O–H groups in total. The van der Waals surface area contributed by atoms with Gasteiger partial charge in [0.1, 0.15) is 13.2 Å². The molecule has 3 rings (SSSR count). The minimum Gasteiger partial charge on any atom is -0.480 e. The van der Waals surface area contributed by atoms with Crippen molar-refractivity contribution in [3.05, 3.63) is 59.7 Å². The molecule has 0 saturated carbocycles. The van der Waals surface area contributed by atoms with Crippen LogP contribution in [0.15, 0.2) is 48.5 Å². The van der Waals surface area contributed by atoms with Gasteiger partial charge in [0.25, 0.3) is 0 Å².